The van der Waals surface area contributed by atoms with E-state index in [0.717, 1.165) is 24.0 Å². The molecule has 0 bridgehead atoms. The zero-order valence-electron chi connectivity index (χ0n) is 44.2. The molecule has 3 aliphatic heterocycles. The number of halogens is 2. The molecular formula is C57H63ClFN7O9S2. The van der Waals surface area contributed by atoms with E-state index < -0.39 is 62.0 Å². The van der Waals surface area contributed by atoms with Crippen LogP contribution in [0.1, 0.15) is 126 Å². The molecule has 5 atom stereocenters. The van der Waals surface area contributed by atoms with Crippen molar-refractivity contribution in [3.8, 4) is 5.75 Å². The molecule has 4 aromatic carbocycles. The first-order valence-corrected chi connectivity index (χ1v) is 28.7. The summed E-state index contributed by atoms with van der Waals surface area (Å²) in [5.74, 6) is -1.91. The van der Waals surface area contributed by atoms with E-state index in [0.29, 0.717) is 79.4 Å². The first-order valence-electron chi connectivity index (χ1n) is 25.9. The number of carbonyl (C=O) groups is 5. The molecule has 5 aromatic rings. The van der Waals surface area contributed by atoms with Gasteiger partial charge in [0, 0.05) is 59.2 Å². The minimum absolute atomic E-state index is 0.0219. The second kappa shape index (κ2) is 22.1. The van der Waals surface area contributed by atoms with Gasteiger partial charge in [0.25, 0.3) is 11.8 Å². The molecule has 1 unspecified atom stereocenters. The number of morpholine rings is 1. The Hall–Kier alpha value is -6.41. The van der Waals surface area contributed by atoms with Crippen LogP contribution in [-0.2, 0) is 53.1 Å². The molecule has 0 radical (unpaired) electrons. The number of hydrogen-bond acceptors (Lipinski definition) is 13. The van der Waals surface area contributed by atoms with Crippen LogP contribution in [0.15, 0.2) is 89.2 Å². The molecule has 1 aromatic heterocycles. The lowest BCUT2D eigenvalue weighted by Gasteiger charge is -2.52. The molecule has 0 spiro atoms. The van der Waals surface area contributed by atoms with Crippen LogP contribution in [0.4, 0.5) is 15.8 Å². The maximum absolute atomic E-state index is 15.5. The van der Waals surface area contributed by atoms with E-state index in [1.807, 2.05) is 32.0 Å². The van der Waals surface area contributed by atoms with Crippen LogP contribution < -0.4 is 15.4 Å². The lowest BCUT2D eigenvalue weighted by atomic mass is 9.85. The van der Waals surface area contributed by atoms with Gasteiger partial charge in [-0.3, -0.25) is 29.3 Å². The van der Waals surface area contributed by atoms with Crippen LogP contribution in [0.5, 0.6) is 5.75 Å². The van der Waals surface area contributed by atoms with Gasteiger partial charge in [-0.15, -0.1) is 11.3 Å². The summed E-state index contributed by atoms with van der Waals surface area (Å²) in [6.07, 6.45) is 3.22. The van der Waals surface area contributed by atoms with Crippen molar-refractivity contribution in [3.63, 3.8) is 0 Å². The monoisotopic (exact) mass is 1110 g/mol. The molecule has 1 saturated carbocycles. The molecule has 3 fully saturated rings. The van der Waals surface area contributed by atoms with Crippen molar-refractivity contribution < 1.29 is 46.3 Å². The molecule has 4 aliphatic rings. The minimum Gasteiger partial charge on any atom is -0.493 e. The number of aromatic nitrogens is 1. The van der Waals surface area contributed by atoms with Gasteiger partial charge in [-0.05, 0) is 150 Å². The summed E-state index contributed by atoms with van der Waals surface area (Å²) in [6, 6.07) is 18.5. The van der Waals surface area contributed by atoms with Crippen LogP contribution in [0.2, 0.25) is 5.02 Å². The number of azo groups is 1. The average Bonchev–Trinajstić information content (AvgIpc) is 4.21. The van der Waals surface area contributed by atoms with E-state index in [1.54, 1.807) is 94.2 Å². The zero-order valence-corrected chi connectivity index (χ0v) is 46.5. The van der Waals surface area contributed by atoms with Crippen molar-refractivity contribution in [2.24, 2.45) is 16.1 Å². The van der Waals surface area contributed by atoms with Crippen molar-refractivity contribution in [1.82, 2.24) is 25.4 Å². The summed E-state index contributed by atoms with van der Waals surface area (Å²) in [5, 5.41) is 15.2. The molecule has 16 nitrogen and oxygen atoms in total. The number of sulfone groups is 1. The molecule has 77 heavy (non-hydrogen) atoms. The molecule has 5 amide bonds. The third-order valence-corrected chi connectivity index (χ3v) is 18.7. The predicted molar refractivity (Wildman–Crippen MR) is 290 cm³/mol. The Kier molecular flexibility index (Phi) is 15.9. The van der Waals surface area contributed by atoms with Crippen LogP contribution in [-0.4, -0.2) is 94.1 Å². The quantitative estimate of drug-likeness (QED) is 0.0483. The minimum atomic E-state index is -3.75. The second-order valence-electron chi connectivity index (χ2n) is 21.7. The summed E-state index contributed by atoms with van der Waals surface area (Å²) < 4.78 is 55.6. The highest BCUT2D eigenvalue weighted by atomic mass is 35.5. The third-order valence-electron chi connectivity index (χ3n) is 14.8. The number of fused-ring (bicyclic) bond motifs is 1. The number of nitrogens with one attached hydrogen (secondary N) is 2. The normalized spacial score (nSPS) is 21.4. The zero-order chi connectivity index (χ0) is 55.1. The van der Waals surface area contributed by atoms with Gasteiger partial charge in [0.2, 0.25) is 17.7 Å². The lowest BCUT2D eigenvalue weighted by Crippen LogP contribution is -2.62. The molecule has 4 heterocycles. The van der Waals surface area contributed by atoms with Gasteiger partial charge in [-0.25, -0.2) is 17.8 Å². The van der Waals surface area contributed by atoms with Crippen LogP contribution in [0.25, 0.3) is 0 Å². The highest BCUT2D eigenvalue weighted by Gasteiger charge is 2.56. The molecule has 2 N–H and O–H groups in total. The Morgan fingerprint density at radius 1 is 0.987 bits per heavy atom. The topological polar surface area (TPSA) is 206 Å². The average molecular weight is 1110 g/mol. The first kappa shape index (κ1) is 55.3. The number of imide groups is 1. The van der Waals surface area contributed by atoms with Crippen molar-refractivity contribution in [1.29, 1.82) is 0 Å². The Morgan fingerprint density at radius 3 is 2.42 bits per heavy atom. The fraction of sp³-hybridized carbons (Fsp3) is 0.439. The van der Waals surface area contributed by atoms with E-state index in [9.17, 15) is 27.6 Å². The van der Waals surface area contributed by atoms with E-state index in [1.165, 1.54) is 22.3 Å². The van der Waals surface area contributed by atoms with Gasteiger partial charge in [0.15, 0.2) is 15.4 Å². The maximum atomic E-state index is 15.5. The molecule has 9 rings (SSSR count). The smallest absolute Gasteiger partial charge is 0.255 e. The molecule has 406 valence electrons. The van der Waals surface area contributed by atoms with Crippen LogP contribution in [0.3, 0.4) is 0 Å². The second-order valence-corrected chi connectivity index (χ2v) is 26.2. The van der Waals surface area contributed by atoms with Gasteiger partial charge < -0.3 is 24.6 Å². The van der Waals surface area contributed by atoms with Crippen LogP contribution >= 0.6 is 22.9 Å². The van der Waals surface area contributed by atoms with E-state index in [2.05, 4.69) is 25.8 Å². The maximum Gasteiger partial charge on any atom is 0.255 e. The highest BCUT2D eigenvalue weighted by molar-refractivity contribution is 7.92. The Morgan fingerprint density at radius 2 is 1.73 bits per heavy atom. The van der Waals surface area contributed by atoms with Crippen molar-refractivity contribution in [3.05, 3.63) is 139 Å². The summed E-state index contributed by atoms with van der Waals surface area (Å²) in [7, 11) is -3.75. The Bertz CT molecular complexity index is 3280. The number of thiazole rings is 1. The number of hydrogen-bond donors (Lipinski definition) is 2. The van der Waals surface area contributed by atoms with Crippen LogP contribution in [0, 0.1) is 32.5 Å². The van der Waals surface area contributed by atoms with Crippen molar-refractivity contribution >= 4 is 73.7 Å². The number of amides is 5. The van der Waals surface area contributed by atoms with E-state index in [-0.39, 0.29) is 61.6 Å². The summed E-state index contributed by atoms with van der Waals surface area (Å²) >= 11 is 7.87. The van der Waals surface area contributed by atoms with Crippen molar-refractivity contribution in [2.75, 3.05) is 18.9 Å². The number of benzene rings is 4. The summed E-state index contributed by atoms with van der Waals surface area (Å²) in [6.45, 7) is 13.0. The first-order chi connectivity index (χ1) is 36.5. The molecule has 1 aliphatic carbocycles. The number of aryl methyl sites for hydroxylation is 3. The van der Waals surface area contributed by atoms with Gasteiger partial charge in [-0.1, -0.05) is 41.9 Å². The largest absolute Gasteiger partial charge is 0.493 e. The van der Waals surface area contributed by atoms with Gasteiger partial charge >= 0.3 is 0 Å². The number of piperidine rings is 1. The number of carbonyl (C=O) groups excluding carboxylic acids is 5. The standard InChI is InChI=1S/C57H63ClFN7O9S2/c1-32-15-16-36(26-43(32)59)50-52(37-11-8-12-38(58)25-37)75-57(7,55(71)66(50)46(35-17-18-35)31-77(72,73)56(4,5)6)28-49-61-29-40(76-49)27-48(68)60-21-10-22-74-51-33(2)23-39(24-34(51)3)63-64-44-14-9-13-41-42(44)30-65(54(41)70)45-19-20-47(67)62-53(45)69/h8-9,11-16,23-26,29,35,45-46,50,52H,10,17-22,27-28,30-31H2,1-7H3,(H,60,68)(H,62,67,69)/t45?,46-,50-,52-,57-/m1/s1. The fourth-order valence-electron chi connectivity index (χ4n) is 10.4. The van der Waals surface area contributed by atoms with Gasteiger partial charge in [-0.2, -0.15) is 10.2 Å². The number of rotatable bonds is 18. The fourth-order valence-corrected chi connectivity index (χ4v) is 13.0. The summed E-state index contributed by atoms with van der Waals surface area (Å²) in [4.78, 5) is 74.6. The molecule has 2 saturated heterocycles. The third kappa shape index (κ3) is 12.0. The van der Waals surface area contributed by atoms with E-state index in [4.69, 9.17) is 21.1 Å². The number of ether oxygens (including phenoxy) is 2. The van der Waals surface area contributed by atoms with Gasteiger partial charge in [0.1, 0.15) is 23.7 Å². The lowest BCUT2D eigenvalue weighted by molar-refractivity contribution is -0.202. The van der Waals surface area contributed by atoms with Gasteiger partial charge in [0.05, 0.1) is 46.0 Å². The molecular weight excluding hydrogens is 1050 g/mol. The molecule has 20 heteroatoms. The Labute approximate surface area is 457 Å². The Balaban J connectivity index is 0.831. The van der Waals surface area contributed by atoms with E-state index >= 15 is 9.18 Å². The van der Waals surface area contributed by atoms with Crippen molar-refractivity contribution in [2.45, 2.75) is 135 Å². The number of nitrogens with zero attached hydrogens (tertiary/aromatic N) is 5. The summed E-state index contributed by atoms with van der Waals surface area (Å²) in [5.41, 5.74) is 3.85. The SMILES string of the molecule is Cc1ccc([C@@H]2[C@@H](c3cccc(Cl)c3)O[C@](C)(Cc3ncc(CC(=O)NCCCOc4c(C)cc(N=Nc5cccc6c5CN(C5CCC(=O)NC5=O)C6=O)cc4C)s3)C(=O)N2[C@H](CS(=O)(=O)C(C)(C)C)C2CC2)cc1F. The highest BCUT2D eigenvalue weighted by Crippen LogP contribution is 2.51. The predicted octanol–water partition coefficient (Wildman–Crippen LogP) is 9.80.